The Morgan fingerprint density at radius 3 is 2.58 bits per heavy atom. The predicted molar refractivity (Wildman–Crippen MR) is 99.3 cm³/mol. The topological polar surface area (TPSA) is 63.0 Å². The first-order chi connectivity index (χ1) is 11.6. The molecule has 1 atom stereocenters. The van der Waals surface area contributed by atoms with Gasteiger partial charge in [-0.2, -0.15) is 0 Å². The molecule has 0 aliphatic heterocycles. The second-order valence-electron chi connectivity index (χ2n) is 6.47. The van der Waals surface area contributed by atoms with Crippen molar-refractivity contribution in [3.05, 3.63) is 23.5 Å². The van der Waals surface area contributed by atoms with Crippen LogP contribution in [0.15, 0.2) is 12.3 Å². The van der Waals surface area contributed by atoms with E-state index in [4.69, 9.17) is 10.1 Å². The molecule has 4 heteroatoms. The van der Waals surface area contributed by atoms with E-state index >= 15 is 0 Å². The Balaban J connectivity index is 0.000000243. The van der Waals surface area contributed by atoms with Crippen LogP contribution in [0.2, 0.25) is 0 Å². The van der Waals surface area contributed by atoms with Crippen LogP contribution in [-0.4, -0.2) is 24.1 Å². The molecule has 0 aromatic carbocycles. The summed E-state index contributed by atoms with van der Waals surface area (Å²) in [7, 11) is 1.60. The monoisotopic (exact) mass is 332 g/mol. The second kappa shape index (κ2) is 11.0. The molecular weight excluding hydrogens is 300 g/mol. The molecule has 0 amide bonds. The minimum Gasteiger partial charge on any atom is -0.495 e. The third-order valence-corrected chi connectivity index (χ3v) is 4.81. The Hall–Kier alpha value is -1.71. The van der Waals surface area contributed by atoms with Gasteiger partial charge in [-0.05, 0) is 42.5 Å². The van der Waals surface area contributed by atoms with E-state index < -0.39 is 0 Å². The maximum Gasteiger partial charge on any atom is 0.178 e. The lowest BCUT2D eigenvalue weighted by atomic mass is 9.73. The van der Waals surface area contributed by atoms with Crippen LogP contribution in [0.4, 0.5) is 0 Å². The molecule has 1 aromatic heterocycles. The number of nitrogens with one attached hydrogen (secondary N) is 1. The van der Waals surface area contributed by atoms with Crippen molar-refractivity contribution in [2.24, 2.45) is 11.8 Å². The van der Waals surface area contributed by atoms with E-state index in [2.05, 4.69) is 11.9 Å². The number of carbonyl (C=O) groups is 1. The number of rotatable bonds is 8. The van der Waals surface area contributed by atoms with Gasteiger partial charge in [0, 0.05) is 6.92 Å². The molecule has 2 rings (SSSR count). The minimum absolute atomic E-state index is 0.0163. The van der Waals surface area contributed by atoms with Gasteiger partial charge >= 0.3 is 0 Å². The quantitative estimate of drug-likeness (QED) is 0.532. The highest BCUT2D eigenvalue weighted by atomic mass is 16.5. The molecule has 1 fully saturated rings. The number of carbonyl (C=O) groups excluding carboxylic acids is 1. The van der Waals surface area contributed by atoms with E-state index in [0.717, 1.165) is 36.0 Å². The number of methoxy groups -OCH3 is 1. The third-order valence-electron chi connectivity index (χ3n) is 4.81. The SMILES string of the molecule is CCCC(CC=N)C1CCC1.CCc1cc(C(C)=O)ncc1OC. The zero-order valence-electron chi connectivity index (χ0n) is 15.6. The van der Waals surface area contributed by atoms with Gasteiger partial charge in [0.25, 0.3) is 0 Å². The zero-order chi connectivity index (χ0) is 17.9. The highest BCUT2D eigenvalue weighted by Gasteiger charge is 2.25. The van der Waals surface area contributed by atoms with Gasteiger partial charge < -0.3 is 10.1 Å². The average Bonchev–Trinajstić information content (AvgIpc) is 2.53. The Morgan fingerprint density at radius 1 is 1.46 bits per heavy atom. The molecule has 24 heavy (non-hydrogen) atoms. The number of hydrogen-bond acceptors (Lipinski definition) is 4. The molecule has 1 saturated carbocycles. The molecule has 1 aliphatic rings. The van der Waals surface area contributed by atoms with Gasteiger partial charge in [-0.15, -0.1) is 0 Å². The first kappa shape index (κ1) is 20.3. The molecule has 1 N–H and O–H groups in total. The molecule has 0 radical (unpaired) electrons. The van der Waals surface area contributed by atoms with Gasteiger partial charge in [-0.1, -0.05) is 46.0 Å². The molecule has 0 bridgehead atoms. The summed E-state index contributed by atoms with van der Waals surface area (Å²) in [5.41, 5.74) is 1.51. The predicted octanol–water partition coefficient (Wildman–Crippen LogP) is 5.10. The van der Waals surface area contributed by atoms with Gasteiger partial charge in [0.05, 0.1) is 13.3 Å². The summed E-state index contributed by atoms with van der Waals surface area (Å²) in [6, 6.07) is 1.78. The fraction of sp³-hybridized carbons (Fsp3) is 0.650. The van der Waals surface area contributed by atoms with E-state index in [1.165, 1.54) is 39.0 Å². The van der Waals surface area contributed by atoms with Crippen molar-refractivity contribution in [1.82, 2.24) is 4.98 Å². The summed E-state index contributed by atoms with van der Waals surface area (Å²) >= 11 is 0. The van der Waals surface area contributed by atoms with E-state index in [1.807, 2.05) is 6.92 Å². The van der Waals surface area contributed by atoms with Gasteiger partial charge in [0.1, 0.15) is 11.4 Å². The zero-order valence-corrected chi connectivity index (χ0v) is 15.6. The minimum atomic E-state index is -0.0163. The van der Waals surface area contributed by atoms with Crippen LogP contribution in [0.3, 0.4) is 0 Å². The Morgan fingerprint density at radius 2 is 2.17 bits per heavy atom. The Bertz CT molecular complexity index is 524. The van der Waals surface area contributed by atoms with Crippen LogP contribution < -0.4 is 4.74 Å². The number of aromatic nitrogens is 1. The molecule has 1 heterocycles. The van der Waals surface area contributed by atoms with Crippen LogP contribution >= 0.6 is 0 Å². The number of aryl methyl sites for hydroxylation is 1. The molecule has 4 nitrogen and oxygen atoms in total. The highest BCUT2D eigenvalue weighted by molar-refractivity contribution is 5.92. The summed E-state index contributed by atoms with van der Waals surface area (Å²) in [6.45, 7) is 5.77. The number of ketones is 1. The standard InChI is InChI=1S/C10H13NO2.C10H19N/c1-4-8-5-9(7(2)12)11-6-10(8)13-3;1-2-4-9(7-8-11)10-5-3-6-10/h5-6H,4H2,1-3H3;8-11H,2-7H2,1H3. The van der Waals surface area contributed by atoms with E-state index in [9.17, 15) is 4.79 Å². The van der Waals surface area contributed by atoms with Crippen molar-refractivity contribution in [3.63, 3.8) is 0 Å². The Kier molecular flexibility index (Phi) is 9.28. The van der Waals surface area contributed by atoms with Crippen LogP contribution in [0.25, 0.3) is 0 Å². The van der Waals surface area contributed by atoms with Gasteiger partial charge in [0.2, 0.25) is 0 Å². The second-order valence-corrected chi connectivity index (χ2v) is 6.47. The number of Topliss-reactive ketones (excluding diaryl/α,β-unsaturated/α-hetero) is 1. The van der Waals surface area contributed by atoms with E-state index in [0.29, 0.717) is 5.69 Å². The summed E-state index contributed by atoms with van der Waals surface area (Å²) < 4.78 is 5.10. The van der Waals surface area contributed by atoms with Gasteiger partial charge in [-0.3, -0.25) is 4.79 Å². The smallest absolute Gasteiger partial charge is 0.178 e. The Labute approximate surface area is 146 Å². The van der Waals surface area contributed by atoms with Crippen LogP contribution in [0, 0.1) is 17.2 Å². The lowest BCUT2D eigenvalue weighted by Crippen LogP contribution is -2.22. The maximum atomic E-state index is 11.0. The summed E-state index contributed by atoms with van der Waals surface area (Å²) in [6.07, 6.45) is 12.0. The first-order valence-electron chi connectivity index (χ1n) is 9.10. The van der Waals surface area contributed by atoms with Crippen molar-refractivity contribution in [2.75, 3.05) is 7.11 Å². The molecule has 1 aliphatic carbocycles. The number of hydrogen-bond donors (Lipinski definition) is 1. The first-order valence-corrected chi connectivity index (χ1v) is 9.10. The van der Waals surface area contributed by atoms with Crippen LogP contribution in [0.5, 0.6) is 5.75 Å². The largest absolute Gasteiger partial charge is 0.495 e. The molecule has 1 aromatic rings. The average molecular weight is 332 g/mol. The van der Waals surface area contributed by atoms with Crippen molar-refractivity contribution in [1.29, 1.82) is 5.41 Å². The van der Waals surface area contributed by atoms with Crippen molar-refractivity contribution in [3.8, 4) is 5.75 Å². The molecule has 0 saturated heterocycles. The lowest BCUT2D eigenvalue weighted by Gasteiger charge is -2.33. The summed E-state index contributed by atoms with van der Waals surface area (Å²) in [5.74, 6) is 2.53. The van der Waals surface area contributed by atoms with Gasteiger partial charge in [0.15, 0.2) is 5.78 Å². The molecular formula is C20H32N2O2. The third kappa shape index (κ3) is 6.06. The molecule has 1 unspecified atom stereocenters. The van der Waals surface area contributed by atoms with Crippen LogP contribution in [-0.2, 0) is 6.42 Å². The number of nitrogens with zero attached hydrogens (tertiary/aromatic N) is 1. The fourth-order valence-corrected chi connectivity index (χ4v) is 3.12. The lowest BCUT2D eigenvalue weighted by molar-refractivity contribution is 0.101. The maximum absolute atomic E-state index is 11.0. The van der Waals surface area contributed by atoms with Crippen LogP contribution in [0.1, 0.15) is 75.3 Å². The van der Waals surface area contributed by atoms with Crippen molar-refractivity contribution >= 4 is 12.0 Å². The van der Waals surface area contributed by atoms with Crippen molar-refractivity contribution in [2.45, 2.75) is 65.7 Å². The normalized spacial score (nSPS) is 14.8. The molecule has 0 spiro atoms. The highest BCUT2D eigenvalue weighted by Crippen LogP contribution is 2.36. The summed E-state index contributed by atoms with van der Waals surface area (Å²) in [5, 5.41) is 7.08. The number of ether oxygens (including phenoxy) is 1. The number of pyridine rings is 1. The fourth-order valence-electron chi connectivity index (χ4n) is 3.12. The summed E-state index contributed by atoms with van der Waals surface area (Å²) in [4.78, 5) is 15.0. The van der Waals surface area contributed by atoms with E-state index in [1.54, 1.807) is 25.6 Å². The molecule has 134 valence electrons. The van der Waals surface area contributed by atoms with Crippen molar-refractivity contribution < 1.29 is 9.53 Å². The van der Waals surface area contributed by atoms with E-state index in [-0.39, 0.29) is 5.78 Å². The van der Waals surface area contributed by atoms with Gasteiger partial charge in [-0.25, -0.2) is 4.98 Å².